The molecule has 0 spiro atoms. The second kappa shape index (κ2) is 18.3. The minimum Gasteiger partial charge on any atom is -0.508 e. The van der Waals surface area contributed by atoms with E-state index in [0.29, 0.717) is 55.7 Å². The fourth-order valence-electron chi connectivity index (χ4n) is 6.85. The maximum absolute atomic E-state index is 15.7. The minimum atomic E-state index is -3.33. The Hall–Kier alpha value is -4.64. The molecule has 0 bridgehead atoms. The summed E-state index contributed by atoms with van der Waals surface area (Å²) in [7, 11) is -3.33. The summed E-state index contributed by atoms with van der Waals surface area (Å²) in [6.07, 6.45) is 2.63. The number of phenols is 2. The molecule has 0 fully saturated rings. The van der Waals surface area contributed by atoms with Gasteiger partial charge in [0.2, 0.25) is 0 Å². The number of aryl methyl sites for hydroxylation is 1. The van der Waals surface area contributed by atoms with Crippen molar-refractivity contribution in [2.45, 2.75) is 57.1 Å². The number of imidazole rings is 1. The third-order valence-corrected chi connectivity index (χ3v) is 12.8. The van der Waals surface area contributed by atoms with E-state index in [4.69, 9.17) is 4.74 Å². The van der Waals surface area contributed by atoms with Gasteiger partial charge in [-0.3, -0.25) is 4.79 Å². The molecule has 2 heterocycles. The number of ether oxygens (including phenoxy) is 1. The Kier molecular flexibility index (Phi) is 13.5. The van der Waals surface area contributed by atoms with Crippen molar-refractivity contribution < 1.29 is 32.9 Å². The number of para-hydroxylation sites is 2. The van der Waals surface area contributed by atoms with Gasteiger partial charge in [0.05, 0.1) is 33.8 Å². The van der Waals surface area contributed by atoms with Gasteiger partial charge in [0.25, 0.3) is 0 Å². The smallest absolute Gasteiger partial charge is 0.305 e. The summed E-state index contributed by atoms with van der Waals surface area (Å²) in [6.45, 7) is 5.04. The number of phenolic OH excluding ortho intramolecular Hbond substituents is 2. The first-order valence-electron chi connectivity index (χ1n) is 19.0. The van der Waals surface area contributed by atoms with Crippen LogP contribution in [0.5, 0.6) is 11.5 Å². The highest BCUT2D eigenvalue weighted by molar-refractivity contribution is 7.91. The number of sulfone groups is 1. The number of aromatic hydroxyl groups is 2. The fourth-order valence-corrected chi connectivity index (χ4v) is 8.94. The number of benzene rings is 4. The third kappa shape index (κ3) is 10.9. The number of aromatic nitrogens is 3. The molecule has 0 aliphatic rings. The molecule has 0 saturated carbocycles. The van der Waals surface area contributed by atoms with Crippen molar-refractivity contribution in [2.75, 3.05) is 44.4 Å². The number of fused-ring (bicyclic) bond motifs is 2. The number of rotatable bonds is 21. The van der Waals surface area contributed by atoms with E-state index in [1.54, 1.807) is 6.07 Å². The van der Waals surface area contributed by atoms with E-state index in [-0.39, 0.29) is 47.0 Å². The highest BCUT2D eigenvalue weighted by atomic mass is 32.2. The molecule has 1 atom stereocenters. The number of nitrogens with zero attached hydrogens (tertiary/aromatic N) is 1. The lowest BCUT2D eigenvalue weighted by atomic mass is 9.82. The van der Waals surface area contributed by atoms with Gasteiger partial charge in [0.1, 0.15) is 34.3 Å². The summed E-state index contributed by atoms with van der Waals surface area (Å²) in [5.74, 6) is -0.891. The van der Waals surface area contributed by atoms with E-state index < -0.39 is 37.4 Å². The number of aromatic amines is 2. The maximum Gasteiger partial charge on any atom is 0.305 e. The largest absolute Gasteiger partial charge is 0.508 e. The van der Waals surface area contributed by atoms with Gasteiger partial charge in [-0.25, -0.2) is 17.8 Å². The molecule has 1 unspecified atom stereocenters. The van der Waals surface area contributed by atoms with Crippen molar-refractivity contribution in [2.24, 2.45) is 0 Å². The third-order valence-electron chi connectivity index (χ3n) is 10.1. The number of β-amino-alcohol motifs (C(OH)–C–C–N with tert-alkyl or cyclic N) is 1. The average molecular weight is 820 g/mol. The zero-order valence-corrected chi connectivity index (χ0v) is 33.7. The van der Waals surface area contributed by atoms with Crippen LogP contribution in [0, 0.1) is 5.82 Å². The van der Waals surface area contributed by atoms with Crippen molar-refractivity contribution in [3.8, 4) is 11.5 Å². The molecule has 0 radical (unpaired) electrons. The van der Waals surface area contributed by atoms with Gasteiger partial charge in [0.15, 0.2) is 9.84 Å². The molecule has 304 valence electrons. The maximum atomic E-state index is 15.7. The molecular weight excluding hydrogens is 770 g/mol. The van der Waals surface area contributed by atoms with Crippen LogP contribution in [-0.2, 0) is 39.4 Å². The molecule has 7 N–H and O–H groups in total. The van der Waals surface area contributed by atoms with Crippen LogP contribution in [0.1, 0.15) is 54.8 Å². The first kappa shape index (κ1) is 42.0. The van der Waals surface area contributed by atoms with Crippen molar-refractivity contribution in [3.63, 3.8) is 0 Å². The first-order valence-corrected chi connectivity index (χ1v) is 21.7. The molecule has 57 heavy (non-hydrogen) atoms. The van der Waals surface area contributed by atoms with E-state index in [1.807, 2.05) is 68.4 Å². The van der Waals surface area contributed by atoms with Crippen LogP contribution in [0.3, 0.4) is 0 Å². The summed E-state index contributed by atoms with van der Waals surface area (Å²) >= 11 is 0.898. The van der Waals surface area contributed by atoms with Crippen molar-refractivity contribution in [1.82, 2.24) is 25.6 Å². The Balaban J connectivity index is 1.12. The van der Waals surface area contributed by atoms with E-state index in [0.717, 1.165) is 46.2 Å². The van der Waals surface area contributed by atoms with E-state index in [2.05, 4.69) is 25.6 Å². The van der Waals surface area contributed by atoms with Gasteiger partial charge in [-0.15, -0.1) is 0 Å². The van der Waals surface area contributed by atoms with Gasteiger partial charge >= 0.3 is 4.87 Å². The molecule has 12 nitrogen and oxygen atoms in total. The summed E-state index contributed by atoms with van der Waals surface area (Å²) in [6, 6.07) is 22.7. The monoisotopic (exact) mass is 819 g/mol. The zero-order chi connectivity index (χ0) is 40.6. The molecular formula is C42H50FN5O7S2. The summed E-state index contributed by atoms with van der Waals surface area (Å²) in [5, 5.41) is 40.7. The number of thiazole rings is 1. The van der Waals surface area contributed by atoms with Crippen molar-refractivity contribution in [1.29, 1.82) is 0 Å². The molecule has 15 heteroatoms. The van der Waals surface area contributed by atoms with Gasteiger partial charge in [-0.2, -0.15) is 0 Å². The molecule has 0 aliphatic heterocycles. The molecule has 2 aromatic heterocycles. The van der Waals surface area contributed by atoms with Crippen LogP contribution >= 0.6 is 11.3 Å². The summed E-state index contributed by atoms with van der Waals surface area (Å²) in [5.41, 5.74) is 0.620. The number of halogens is 1. The van der Waals surface area contributed by atoms with E-state index in [9.17, 15) is 28.5 Å². The topological polar surface area (TPSA) is 190 Å². The molecule has 6 rings (SSSR count). The summed E-state index contributed by atoms with van der Waals surface area (Å²) < 4.78 is 47.2. The second-order valence-corrected chi connectivity index (χ2v) is 18.3. The second-order valence-electron chi connectivity index (χ2n) is 15.0. The standard InChI is InChI=1S/C42H50FN5O7S2/c1-41(2,18-15-36-46-34-11-6-7-12-35(34)47-36)45-27-42(52,31-14-13-30(49)26-33(31)43)32-25-29(39-37(38(32)50)48-40(51)56-39)16-19-44-20-24-57(53,54)23-8-21-55-22-17-28-9-4-3-5-10-28/h3-7,9-14,25-26,44-45,49-50,52H,8,15-24,27H2,1-2H3,(H,46,47)(H,48,51). The quantitative estimate of drug-likeness (QED) is 0.0460. The van der Waals surface area contributed by atoms with Gasteiger partial charge < -0.3 is 40.7 Å². The van der Waals surface area contributed by atoms with Gasteiger partial charge in [0, 0.05) is 48.8 Å². The Labute approximate surface area is 335 Å². The Morgan fingerprint density at radius 2 is 1.67 bits per heavy atom. The first-order chi connectivity index (χ1) is 27.2. The Bertz CT molecular complexity index is 2420. The van der Waals surface area contributed by atoms with Crippen LogP contribution in [0.2, 0.25) is 0 Å². The Morgan fingerprint density at radius 1 is 0.895 bits per heavy atom. The fraction of sp³-hybridized carbons (Fsp3) is 0.381. The number of H-pyrrole nitrogens is 2. The minimum absolute atomic E-state index is 0.0103. The lowest BCUT2D eigenvalue weighted by Crippen LogP contribution is -2.49. The van der Waals surface area contributed by atoms with Crippen LogP contribution in [0.4, 0.5) is 4.39 Å². The highest BCUT2D eigenvalue weighted by Crippen LogP contribution is 2.42. The predicted octanol–water partition coefficient (Wildman–Crippen LogP) is 5.45. The van der Waals surface area contributed by atoms with Gasteiger partial charge in [-0.1, -0.05) is 53.8 Å². The lowest BCUT2D eigenvalue weighted by Gasteiger charge is -2.36. The number of nitrogens with one attached hydrogen (secondary N) is 4. The van der Waals surface area contributed by atoms with Crippen LogP contribution < -0.4 is 15.5 Å². The number of hydrogen-bond acceptors (Lipinski definition) is 11. The SMILES string of the molecule is CC(C)(CCc1nc2ccccc2[nH]1)NCC(O)(c1ccc(O)cc1F)c1cc(CCNCCS(=O)(=O)CCCOCCc2ccccc2)c2sc(=O)[nH]c2c1O. The average Bonchev–Trinajstić information content (AvgIpc) is 3.79. The van der Waals surface area contributed by atoms with Crippen LogP contribution in [0.15, 0.2) is 83.7 Å². The normalized spacial score (nSPS) is 13.4. The molecule has 6 aromatic rings. The highest BCUT2D eigenvalue weighted by Gasteiger charge is 2.39. The molecule has 0 amide bonds. The van der Waals surface area contributed by atoms with Crippen LogP contribution in [0.25, 0.3) is 21.3 Å². The van der Waals surface area contributed by atoms with E-state index >= 15 is 4.39 Å². The Morgan fingerprint density at radius 3 is 2.44 bits per heavy atom. The van der Waals surface area contributed by atoms with Crippen molar-refractivity contribution >= 4 is 42.4 Å². The van der Waals surface area contributed by atoms with Crippen molar-refractivity contribution in [3.05, 3.63) is 122 Å². The van der Waals surface area contributed by atoms with Gasteiger partial charge in [-0.05, 0) is 87.5 Å². The molecule has 4 aromatic carbocycles. The molecule has 0 saturated heterocycles. The predicted molar refractivity (Wildman–Crippen MR) is 222 cm³/mol. The lowest BCUT2D eigenvalue weighted by molar-refractivity contribution is 0.0643. The van der Waals surface area contributed by atoms with Crippen LogP contribution in [-0.4, -0.2) is 88.6 Å². The number of aliphatic hydroxyl groups is 1. The van der Waals surface area contributed by atoms with E-state index in [1.165, 1.54) is 12.1 Å². The number of hydrogen-bond donors (Lipinski definition) is 7. The molecule has 0 aliphatic carbocycles. The summed E-state index contributed by atoms with van der Waals surface area (Å²) in [4.78, 5) is 22.8. The zero-order valence-electron chi connectivity index (χ0n) is 32.1.